The van der Waals surface area contributed by atoms with Gasteiger partial charge < -0.3 is 9.88 Å². The van der Waals surface area contributed by atoms with Crippen molar-refractivity contribution in [2.24, 2.45) is 0 Å². The fourth-order valence-corrected chi connectivity index (χ4v) is 4.26. The SMILES string of the molecule is CCS(=O)(=O)CCc1ccc2[nH]cc(C3CCN(C)CC3)c2c1. The van der Waals surface area contributed by atoms with Crippen LogP contribution >= 0.6 is 0 Å². The summed E-state index contributed by atoms with van der Waals surface area (Å²) in [6.07, 6.45) is 5.13. The highest BCUT2D eigenvalue weighted by atomic mass is 32.2. The molecule has 1 N–H and O–H groups in total. The maximum Gasteiger partial charge on any atom is 0.150 e. The van der Waals surface area contributed by atoms with Crippen molar-refractivity contribution in [3.63, 3.8) is 0 Å². The van der Waals surface area contributed by atoms with E-state index in [9.17, 15) is 8.42 Å². The summed E-state index contributed by atoms with van der Waals surface area (Å²) >= 11 is 0. The van der Waals surface area contributed by atoms with Crippen LogP contribution in [0.3, 0.4) is 0 Å². The Morgan fingerprint density at radius 2 is 2.00 bits per heavy atom. The fraction of sp³-hybridized carbons (Fsp3) is 0.556. The van der Waals surface area contributed by atoms with Crippen molar-refractivity contribution in [1.82, 2.24) is 9.88 Å². The van der Waals surface area contributed by atoms with Gasteiger partial charge in [-0.15, -0.1) is 0 Å². The lowest BCUT2D eigenvalue weighted by atomic mass is 9.89. The van der Waals surface area contributed by atoms with Crippen LogP contribution in [-0.4, -0.2) is 49.9 Å². The fourth-order valence-electron chi connectivity index (χ4n) is 3.42. The van der Waals surface area contributed by atoms with E-state index in [0.29, 0.717) is 12.3 Å². The molecule has 1 aromatic carbocycles. The number of aromatic nitrogens is 1. The average Bonchev–Trinajstić information content (AvgIpc) is 2.97. The largest absolute Gasteiger partial charge is 0.361 e. The van der Waals surface area contributed by atoms with Crippen LogP contribution in [0.25, 0.3) is 10.9 Å². The minimum absolute atomic E-state index is 0.222. The van der Waals surface area contributed by atoms with Crippen molar-refractivity contribution >= 4 is 20.7 Å². The Morgan fingerprint density at radius 3 is 2.70 bits per heavy atom. The highest BCUT2D eigenvalue weighted by Crippen LogP contribution is 2.33. The molecule has 0 radical (unpaired) electrons. The summed E-state index contributed by atoms with van der Waals surface area (Å²) in [5, 5.41) is 1.27. The van der Waals surface area contributed by atoms with Gasteiger partial charge in [0, 0.05) is 22.9 Å². The van der Waals surface area contributed by atoms with E-state index in [1.54, 1.807) is 6.92 Å². The van der Waals surface area contributed by atoms with Crippen molar-refractivity contribution in [3.8, 4) is 0 Å². The molecule has 0 spiro atoms. The zero-order valence-electron chi connectivity index (χ0n) is 14.0. The monoisotopic (exact) mass is 334 g/mol. The Morgan fingerprint density at radius 1 is 1.26 bits per heavy atom. The van der Waals surface area contributed by atoms with Crippen molar-refractivity contribution in [1.29, 1.82) is 0 Å². The third-order valence-corrected chi connectivity index (χ3v) is 6.78. The van der Waals surface area contributed by atoms with E-state index in [1.807, 2.05) is 6.07 Å². The second-order valence-electron chi connectivity index (χ2n) is 6.69. The van der Waals surface area contributed by atoms with Gasteiger partial charge >= 0.3 is 0 Å². The Hall–Kier alpha value is -1.33. The van der Waals surface area contributed by atoms with E-state index in [4.69, 9.17) is 0 Å². The number of hydrogen-bond donors (Lipinski definition) is 1. The maximum atomic E-state index is 11.7. The predicted molar refractivity (Wildman–Crippen MR) is 95.8 cm³/mol. The molecule has 0 saturated carbocycles. The number of nitrogens with one attached hydrogen (secondary N) is 1. The van der Waals surface area contributed by atoms with E-state index >= 15 is 0 Å². The van der Waals surface area contributed by atoms with E-state index in [2.05, 4.69) is 35.3 Å². The predicted octanol–water partition coefficient (Wildman–Crippen LogP) is 2.95. The summed E-state index contributed by atoms with van der Waals surface area (Å²) in [6.45, 7) is 4.00. The maximum absolute atomic E-state index is 11.7. The Bertz CT molecular complexity index is 771. The molecule has 126 valence electrons. The summed E-state index contributed by atoms with van der Waals surface area (Å²) in [5.41, 5.74) is 3.66. The Kier molecular flexibility index (Phi) is 4.78. The van der Waals surface area contributed by atoms with E-state index in [-0.39, 0.29) is 11.5 Å². The van der Waals surface area contributed by atoms with Crippen molar-refractivity contribution in [2.75, 3.05) is 31.6 Å². The number of aromatic amines is 1. The Balaban J connectivity index is 1.82. The zero-order chi connectivity index (χ0) is 16.4. The highest BCUT2D eigenvalue weighted by Gasteiger charge is 2.21. The summed E-state index contributed by atoms with van der Waals surface area (Å²) in [5.74, 6) is 1.07. The quantitative estimate of drug-likeness (QED) is 0.914. The molecule has 5 heteroatoms. The molecule has 2 aromatic rings. The highest BCUT2D eigenvalue weighted by molar-refractivity contribution is 7.91. The molecular weight excluding hydrogens is 308 g/mol. The molecule has 0 bridgehead atoms. The molecule has 1 fully saturated rings. The minimum atomic E-state index is -2.91. The summed E-state index contributed by atoms with van der Waals surface area (Å²) < 4.78 is 23.4. The summed E-state index contributed by atoms with van der Waals surface area (Å²) in [4.78, 5) is 5.76. The normalized spacial score (nSPS) is 17.8. The standard InChI is InChI=1S/C18H26N2O2S/c1-3-23(21,22)11-8-14-4-5-18-16(12-14)17(13-19-18)15-6-9-20(2)10-7-15/h4-5,12-13,15,19H,3,6-11H2,1-2H3. The van der Waals surface area contributed by atoms with Gasteiger partial charge in [0.1, 0.15) is 9.84 Å². The Labute approximate surface area is 138 Å². The number of rotatable bonds is 5. The second kappa shape index (κ2) is 6.65. The van der Waals surface area contributed by atoms with Gasteiger partial charge in [0.2, 0.25) is 0 Å². The molecule has 0 unspecified atom stereocenters. The first-order valence-corrected chi connectivity index (χ1v) is 10.3. The van der Waals surface area contributed by atoms with Crippen molar-refractivity contribution in [3.05, 3.63) is 35.5 Å². The third-order valence-electron chi connectivity index (χ3n) is 5.08. The molecule has 1 aliphatic rings. The van der Waals surface area contributed by atoms with Gasteiger partial charge in [0.15, 0.2) is 0 Å². The van der Waals surface area contributed by atoms with Gasteiger partial charge in [-0.1, -0.05) is 13.0 Å². The molecular formula is C18H26N2O2S. The molecule has 1 saturated heterocycles. The molecule has 1 aromatic heterocycles. The molecule has 1 aliphatic heterocycles. The number of sulfone groups is 1. The van der Waals surface area contributed by atoms with Gasteiger partial charge in [0.05, 0.1) is 5.75 Å². The van der Waals surface area contributed by atoms with Crippen LogP contribution < -0.4 is 0 Å². The lowest BCUT2D eigenvalue weighted by Crippen LogP contribution is -2.29. The first-order valence-electron chi connectivity index (χ1n) is 8.47. The number of likely N-dealkylation sites (tertiary alicyclic amines) is 1. The number of hydrogen-bond acceptors (Lipinski definition) is 3. The molecule has 4 nitrogen and oxygen atoms in total. The number of piperidine rings is 1. The molecule has 3 rings (SSSR count). The average molecular weight is 334 g/mol. The number of aryl methyl sites for hydroxylation is 1. The van der Waals surface area contributed by atoms with E-state index in [1.165, 1.54) is 23.8 Å². The van der Waals surface area contributed by atoms with Crippen molar-refractivity contribution < 1.29 is 8.42 Å². The molecule has 23 heavy (non-hydrogen) atoms. The zero-order valence-corrected chi connectivity index (χ0v) is 14.8. The lowest BCUT2D eigenvalue weighted by Gasteiger charge is -2.28. The first kappa shape index (κ1) is 16.5. The van der Waals surface area contributed by atoms with Crippen LogP contribution in [0.5, 0.6) is 0 Å². The minimum Gasteiger partial charge on any atom is -0.361 e. The van der Waals surface area contributed by atoms with Gasteiger partial charge in [0.25, 0.3) is 0 Å². The number of H-pyrrole nitrogens is 1. The van der Waals surface area contributed by atoms with E-state index < -0.39 is 9.84 Å². The van der Waals surface area contributed by atoms with Crippen LogP contribution in [0.4, 0.5) is 0 Å². The summed E-state index contributed by atoms with van der Waals surface area (Å²) in [6, 6.07) is 6.31. The number of nitrogens with zero attached hydrogens (tertiary/aromatic N) is 1. The number of fused-ring (bicyclic) bond motifs is 1. The van der Waals surface area contributed by atoms with Gasteiger partial charge in [-0.3, -0.25) is 0 Å². The topological polar surface area (TPSA) is 53.2 Å². The molecule has 0 aliphatic carbocycles. The number of benzene rings is 1. The third kappa shape index (κ3) is 3.78. The van der Waals surface area contributed by atoms with Crippen LogP contribution in [0.1, 0.15) is 36.8 Å². The first-order chi connectivity index (χ1) is 11.0. The second-order valence-corrected chi connectivity index (χ2v) is 9.16. The van der Waals surface area contributed by atoms with Crippen molar-refractivity contribution in [2.45, 2.75) is 32.1 Å². The summed E-state index contributed by atoms with van der Waals surface area (Å²) in [7, 11) is -0.729. The lowest BCUT2D eigenvalue weighted by molar-refractivity contribution is 0.256. The van der Waals surface area contributed by atoms with Gasteiger partial charge in [-0.2, -0.15) is 0 Å². The van der Waals surface area contributed by atoms with Crippen LogP contribution in [0, 0.1) is 0 Å². The van der Waals surface area contributed by atoms with Gasteiger partial charge in [-0.05, 0) is 68.6 Å². The molecule has 0 amide bonds. The molecule has 0 atom stereocenters. The van der Waals surface area contributed by atoms with Crippen LogP contribution in [-0.2, 0) is 16.3 Å². The van der Waals surface area contributed by atoms with E-state index in [0.717, 1.165) is 24.2 Å². The van der Waals surface area contributed by atoms with Crippen LogP contribution in [0.15, 0.2) is 24.4 Å². The molecule has 2 heterocycles. The van der Waals surface area contributed by atoms with Crippen LogP contribution in [0.2, 0.25) is 0 Å². The van der Waals surface area contributed by atoms with Gasteiger partial charge in [-0.25, -0.2) is 8.42 Å². The smallest absolute Gasteiger partial charge is 0.150 e.